The van der Waals surface area contributed by atoms with Crippen molar-refractivity contribution in [3.8, 4) is 17.0 Å². The van der Waals surface area contributed by atoms with Gasteiger partial charge in [-0.3, -0.25) is 0 Å². The van der Waals surface area contributed by atoms with Gasteiger partial charge in [-0.25, -0.2) is 19.9 Å². The van der Waals surface area contributed by atoms with Gasteiger partial charge in [0.05, 0.1) is 18.2 Å². The van der Waals surface area contributed by atoms with Crippen LogP contribution >= 0.6 is 11.3 Å². The Balaban J connectivity index is 1.29. The van der Waals surface area contributed by atoms with Crippen molar-refractivity contribution < 1.29 is 4.74 Å². The molecule has 5 aromatic rings. The van der Waals surface area contributed by atoms with Crippen LogP contribution in [0.5, 0.6) is 5.75 Å². The maximum Gasteiger partial charge on any atom is 0.141 e. The van der Waals surface area contributed by atoms with E-state index in [1.165, 1.54) is 10.9 Å². The maximum atomic E-state index is 5.55. The van der Waals surface area contributed by atoms with Crippen LogP contribution in [0.25, 0.3) is 32.2 Å². The molecular formula is C29H30N6OS. The highest BCUT2D eigenvalue weighted by Gasteiger charge is 2.23. The molecule has 1 saturated heterocycles. The fraction of sp³-hybridized carbons (Fsp3) is 0.310. The number of ether oxygens (including phenoxy) is 1. The Kier molecular flexibility index (Phi) is 6.34. The van der Waals surface area contributed by atoms with Gasteiger partial charge < -0.3 is 15.0 Å². The van der Waals surface area contributed by atoms with Crippen LogP contribution in [0.1, 0.15) is 31.2 Å². The number of thiophene rings is 1. The Hall–Kier alpha value is -3.78. The van der Waals surface area contributed by atoms with Gasteiger partial charge in [-0.15, -0.1) is 11.3 Å². The lowest BCUT2D eigenvalue weighted by molar-refractivity contribution is 0.415. The molecule has 4 heterocycles. The van der Waals surface area contributed by atoms with Crippen molar-refractivity contribution in [3.63, 3.8) is 0 Å². The summed E-state index contributed by atoms with van der Waals surface area (Å²) in [6.07, 6.45) is 6.41. The Morgan fingerprint density at radius 1 is 1.08 bits per heavy atom. The number of fused-ring (bicyclic) bond motifs is 2. The first-order chi connectivity index (χ1) is 18.1. The molecule has 0 amide bonds. The lowest BCUT2D eigenvalue weighted by Crippen LogP contribution is -2.39. The van der Waals surface area contributed by atoms with Gasteiger partial charge in [-0.2, -0.15) is 0 Å². The summed E-state index contributed by atoms with van der Waals surface area (Å²) >= 11 is 1.69. The highest BCUT2D eigenvalue weighted by molar-refractivity contribution is 7.17. The molecule has 1 aliphatic rings. The van der Waals surface area contributed by atoms with Crippen LogP contribution in [0.4, 0.5) is 11.5 Å². The summed E-state index contributed by atoms with van der Waals surface area (Å²) in [6, 6.07) is 13.0. The molecule has 8 heteroatoms. The van der Waals surface area contributed by atoms with E-state index in [1.807, 2.05) is 18.3 Å². The maximum absolute atomic E-state index is 5.55. The Bertz CT molecular complexity index is 1570. The highest BCUT2D eigenvalue weighted by Crippen LogP contribution is 2.35. The van der Waals surface area contributed by atoms with Gasteiger partial charge in [0.1, 0.15) is 28.5 Å². The number of hydrogen-bond donors (Lipinski definition) is 1. The van der Waals surface area contributed by atoms with Crippen LogP contribution in [-0.4, -0.2) is 46.2 Å². The second kappa shape index (κ2) is 9.94. The first-order valence-electron chi connectivity index (χ1n) is 12.8. The molecule has 1 fully saturated rings. The molecule has 2 aromatic carbocycles. The van der Waals surface area contributed by atoms with Crippen LogP contribution < -0.4 is 15.0 Å². The van der Waals surface area contributed by atoms with Gasteiger partial charge in [-0.1, -0.05) is 13.0 Å². The lowest BCUT2D eigenvalue weighted by atomic mass is 9.99. The molecule has 3 aromatic heterocycles. The number of hydrogen-bond acceptors (Lipinski definition) is 8. The molecule has 1 N–H and O–H groups in total. The fourth-order valence-corrected chi connectivity index (χ4v) is 6.04. The summed E-state index contributed by atoms with van der Waals surface area (Å²) in [7, 11) is 1.71. The third kappa shape index (κ3) is 4.57. The molecular weight excluding hydrogens is 480 g/mol. The standard InChI is InChI=1S/C29H30N6OS/c1-4-26-30-10-7-24(34-26)20-13-19-5-6-22(36-3)15-23(19)25(14-20)33-21-8-11-35(12-9-21)28-27-18(2)16-37-29(27)32-17-31-28/h5-7,10,13-17,21,33H,4,8-9,11-12H2,1-3H3. The van der Waals surface area contributed by atoms with E-state index < -0.39 is 0 Å². The van der Waals surface area contributed by atoms with Crippen molar-refractivity contribution in [2.75, 3.05) is 30.4 Å². The summed E-state index contributed by atoms with van der Waals surface area (Å²) in [5.74, 6) is 2.77. The van der Waals surface area contributed by atoms with Gasteiger partial charge in [0.15, 0.2) is 0 Å². The normalized spacial score (nSPS) is 14.4. The molecule has 0 spiro atoms. The predicted octanol–water partition coefficient (Wildman–Crippen LogP) is 6.26. The Morgan fingerprint density at radius 2 is 1.95 bits per heavy atom. The summed E-state index contributed by atoms with van der Waals surface area (Å²) in [5.41, 5.74) is 4.40. The van der Waals surface area contributed by atoms with E-state index in [2.05, 4.69) is 68.7 Å². The van der Waals surface area contributed by atoms with Crippen LogP contribution in [0.2, 0.25) is 0 Å². The van der Waals surface area contributed by atoms with Crippen molar-refractivity contribution >= 4 is 43.8 Å². The Labute approximate surface area is 220 Å². The van der Waals surface area contributed by atoms with E-state index >= 15 is 0 Å². The average molecular weight is 511 g/mol. The molecule has 0 saturated carbocycles. The number of methoxy groups -OCH3 is 1. The first-order valence-corrected chi connectivity index (χ1v) is 13.6. The molecule has 0 bridgehead atoms. The van der Waals surface area contributed by atoms with E-state index in [1.54, 1.807) is 24.8 Å². The molecule has 1 aliphatic heterocycles. The number of benzene rings is 2. The van der Waals surface area contributed by atoms with Crippen molar-refractivity contribution in [2.24, 2.45) is 0 Å². The zero-order valence-corrected chi connectivity index (χ0v) is 22.2. The van der Waals surface area contributed by atoms with Gasteiger partial charge in [0, 0.05) is 48.4 Å². The average Bonchev–Trinajstić information content (AvgIpc) is 3.34. The number of aryl methyl sites for hydroxylation is 2. The molecule has 6 rings (SSSR count). The summed E-state index contributed by atoms with van der Waals surface area (Å²) in [6.45, 7) is 6.13. The minimum absolute atomic E-state index is 0.360. The summed E-state index contributed by atoms with van der Waals surface area (Å²) in [5, 5.41) is 9.55. The smallest absolute Gasteiger partial charge is 0.141 e. The second-order valence-corrected chi connectivity index (χ2v) is 10.4. The van der Waals surface area contributed by atoms with Crippen LogP contribution in [0.3, 0.4) is 0 Å². The molecule has 0 atom stereocenters. The first kappa shape index (κ1) is 23.6. The minimum atomic E-state index is 0.360. The van der Waals surface area contributed by atoms with E-state index in [9.17, 15) is 0 Å². The predicted molar refractivity (Wildman–Crippen MR) is 152 cm³/mol. The number of piperidine rings is 1. The zero-order valence-electron chi connectivity index (χ0n) is 21.4. The monoisotopic (exact) mass is 510 g/mol. The summed E-state index contributed by atoms with van der Waals surface area (Å²) in [4.78, 5) is 21.8. The number of anilines is 2. The molecule has 7 nitrogen and oxygen atoms in total. The second-order valence-electron chi connectivity index (χ2n) is 9.52. The van der Waals surface area contributed by atoms with Crippen molar-refractivity contribution in [1.29, 1.82) is 0 Å². The lowest BCUT2D eigenvalue weighted by Gasteiger charge is -2.34. The zero-order chi connectivity index (χ0) is 25.4. The van der Waals surface area contributed by atoms with Crippen molar-refractivity contribution in [2.45, 2.75) is 39.2 Å². The fourth-order valence-electron chi connectivity index (χ4n) is 5.15. The van der Waals surface area contributed by atoms with E-state index in [-0.39, 0.29) is 0 Å². The quantitative estimate of drug-likeness (QED) is 0.289. The third-order valence-electron chi connectivity index (χ3n) is 7.17. The number of nitrogens with zero attached hydrogens (tertiary/aromatic N) is 5. The molecule has 0 aliphatic carbocycles. The number of aromatic nitrogens is 4. The Morgan fingerprint density at radius 3 is 2.76 bits per heavy atom. The van der Waals surface area contributed by atoms with E-state index in [0.29, 0.717) is 6.04 Å². The topological polar surface area (TPSA) is 76.1 Å². The SMILES string of the molecule is CCc1nccc(-c2cc(NC3CCN(c4ncnc5scc(C)c45)CC3)c3cc(OC)ccc3c2)n1. The van der Waals surface area contributed by atoms with E-state index in [0.717, 1.165) is 82.3 Å². The van der Waals surface area contributed by atoms with Crippen LogP contribution in [0.15, 0.2) is 54.3 Å². The van der Waals surface area contributed by atoms with Crippen molar-refractivity contribution in [3.05, 3.63) is 65.7 Å². The third-order valence-corrected chi connectivity index (χ3v) is 8.17. The summed E-state index contributed by atoms with van der Waals surface area (Å²) < 4.78 is 5.55. The van der Waals surface area contributed by atoms with Gasteiger partial charge in [0.25, 0.3) is 0 Å². The largest absolute Gasteiger partial charge is 0.497 e. The minimum Gasteiger partial charge on any atom is -0.497 e. The highest BCUT2D eigenvalue weighted by atomic mass is 32.1. The van der Waals surface area contributed by atoms with Gasteiger partial charge in [0.2, 0.25) is 0 Å². The number of rotatable bonds is 6. The molecule has 0 radical (unpaired) electrons. The van der Waals surface area contributed by atoms with E-state index in [4.69, 9.17) is 9.72 Å². The van der Waals surface area contributed by atoms with Crippen LogP contribution in [0, 0.1) is 6.92 Å². The number of nitrogens with one attached hydrogen (secondary N) is 1. The van der Waals surface area contributed by atoms with Crippen LogP contribution in [-0.2, 0) is 6.42 Å². The van der Waals surface area contributed by atoms with Crippen molar-refractivity contribution in [1.82, 2.24) is 19.9 Å². The van der Waals surface area contributed by atoms with Gasteiger partial charge >= 0.3 is 0 Å². The molecule has 0 unspecified atom stereocenters. The van der Waals surface area contributed by atoms with Gasteiger partial charge in [-0.05, 0) is 66.4 Å². The molecule has 37 heavy (non-hydrogen) atoms. The molecule has 188 valence electrons.